The first-order valence-corrected chi connectivity index (χ1v) is 6.18. The van der Waals surface area contributed by atoms with Gasteiger partial charge in [0.25, 0.3) is 0 Å². The molecule has 0 unspecified atom stereocenters. The third-order valence-corrected chi connectivity index (χ3v) is 3.15. The maximum atomic E-state index is 6.05. The average molecular weight is 283 g/mol. The van der Waals surface area contributed by atoms with Crippen LogP contribution in [0, 0.1) is 0 Å². The Morgan fingerprint density at radius 2 is 1.94 bits per heavy atom. The fraction of sp³-hybridized carbons (Fsp3) is 0.154. The molecule has 0 bridgehead atoms. The predicted octanol–water partition coefficient (Wildman–Crippen LogP) is 4.10. The number of nitrogens with one attached hydrogen (secondary N) is 1. The number of hydrogen-bond acceptors (Lipinski definition) is 3. The monoisotopic (exact) mass is 282 g/mol. The Kier molecular flexibility index (Phi) is 4.28. The lowest BCUT2D eigenvalue weighted by Gasteiger charge is -2.06. The fourth-order valence-electron chi connectivity index (χ4n) is 1.48. The summed E-state index contributed by atoms with van der Waals surface area (Å²) < 4.78 is 5.22. The minimum Gasteiger partial charge on any atom is -0.463 e. The molecule has 94 valence electrons. The first-order valence-electron chi connectivity index (χ1n) is 5.42. The molecular weight excluding hydrogens is 271 g/mol. The van der Waals surface area contributed by atoms with Gasteiger partial charge in [-0.2, -0.15) is 5.10 Å². The van der Waals surface area contributed by atoms with Gasteiger partial charge in [-0.3, -0.25) is 0 Å². The molecule has 1 aromatic carbocycles. The van der Waals surface area contributed by atoms with Crippen LogP contribution in [0.15, 0.2) is 46.1 Å². The van der Waals surface area contributed by atoms with Crippen molar-refractivity contribution in [2.75, 3.05) is 0 Å². The van der Waals surface area contributed by atoms with Crippen molar-refractivity contribution in [3.8, 4) is 0 Å². The number of halogens is 2. The predicted molar refractivity (Wildman–Crippen MR) is 74.2 cm³/mol. The summed E-state index contributed by atoms with van der Waals surface area (Å²) in [6.45, 7) is 2.33. The molecule has 0 radical (unpaired) electrons. The van der Waals surface area contributed by atoms with E-state index in [9.17, 15) is 0 Å². The summed E-state index contributed by atoms with van der Waals surface area (Å²) in [5.74, 6) is 0.729. The third kappa shape index (κ3) is 3.06. The van der Waals surface area contributed by atoms with E-state index in [1.54, 1.807) is 18.4 Å². The highest BCUT2D eigenvalue weighted by Gasteiger charge is 2.04. The zero-order valence-corrected chi connectivity index (χ0v) is 11.3. The second kappa shape index (κ2) is 5.94. The van der Waals surface area contributed by atoms with Crippen molar-refractivity contribution in [1.29, 1.82) is 0 Å². The lowest BCUT2D eigenvalue weighted by molar-refractivity contribution is 0.555. The molecule has 2 rings (SSSR count). The quantitative estimate of drug-likeness (QED) is 0.677. The molecule has 1 aromatic heterocycles. The molecular formula is C13H12Cl2N2O. The lowest BCUT2D eigenvalue weighted by atomic mass is 10.2. The maximum Gasteiger partial charge on any atom is 0.149 e. The van der Waals surface area contributed by atoms with Gasteiger partial charge >= 0.3 is 0 Å². The summed E-state index contributed by atoms with van der Waals surface area (Å²) >= 11 is 12.1. The highest BCUT2D eigenvalue weighted by Crippen LogP contribution is 2.23. The molecule has 3 nitrogen and oxygen atoms in total. The standard InChI is InChI=1S/C13H12Cl2N2O/c1-9(13-6-3-7-18-13)17-16-8-10-11(14)4-2-5-12(10)15/h2-7,16H,8H2,1H3/b17-9-. The van der Waals surface area contributed by atoms with Gasteiger partial charge in [0, 0.05) is 15.6 Å². The summed E-state index contributed by atoms with van der Waals surface area (Å²) in [5, 5.41) is 5.45. The summed E-state index contributed by atoms with van der Waals surface area (Å²) in [7, 11) is 0. The van der Waals surface area contributed by atoms with Crippen molar-refractivity contribution in [2.45, 2.75) is 13.5 Å². The van der Waals surface area contributed by atoms with E-state index < -0.39 is 0 Å². The Labute approximate surface area is 115 Å². The minimum absolute atomic E-state index is 0.469. The van der Waals surface area contributed by atoms with E-state index in [4.69, 9.17) is 27.6 Å². The zero-order valence-electron chi connectivity index (χ0n) is 9.78. The van der Waals surface area contributed by atoms with Crippen molar-refractivity contribution in [3.05, 3.63) is 58.0 Å². The Morgan fingerprint density at radius 3 is 2.56 bits per heavy atom. The molecule has 2 aromatic rings. The SMILES string of the molecule is C/C(=N/NCc1c(Cl)cccc1Cl)c1ccco1. The molecule has 0 spiro atoms. The Hall–Kier alpha value is -1.45. The number of rotatable bonds is 4. The first kappa shape index (κ1) is 13.0. The normalized spacial score (nSPS) is 11.6. The van der Waals surface area contributed by atoms with Crippen molar-refractivity contribution < 1.29 is 4.42 Å². The van der Waals surface area contributed by atoms with Gasteiger partial charge in [0.2, 0.25) is 0 Å². The minimum atomic E-state index is 0.469. The van der Waals surface area contributed by atoms with Gasteiger partial charge in [-0.25, -0.2) is 0 Å². The Balaban J connectivity index is 2.02. The van der Waals surface area contributed by atoms with E-state index in [1.807, 2.05) is 25.1 Å². The van der Waals surface area contributed by atoms with Gasteiger partial charge in [0.15, 0.2) is 0 Å². The molecule has 5 heteroatoms. The van der Waals surface area contributed by atoms with Gasteiger partial charge in [0.1, 0.15) is 5.76 Å². The highest BCUT2D eigenvalue weighted by atomic mass is 35.5. The van der Waals surface area contributed by atoms with Crippen LogP contribution in [-0.2, 0) is 6.54 Å². The molecule has 0 saturated heterocycles. The maximum absolute atomic E-state index is 6.05. The fourth-order valence-corrected chi connectivity index (χ4v) is 2.01. The van der Waals surface area contributed by atoms with Crippen LogP contribution in [0.4, 0.5) is 0 Å². The number of hydrogen-bond donors (Lipinski definition) is 1. The van der Waals surface area contributed by atoms with Crippen LogP contribution < -0.4 is 5.43 Å². The molecule has 1 N–H and O–H groups in total. The summed E-state index contributed by atoms with van der Waals surface area (Å²) in [6.07, 6.45) is 1.61. The van der Waals surface area contributed by atoms with Crippen LogP contribution in [-0.4, -0.2) is 5.71 Å². The van der Waals surface area contributed by atoms with Crippen LogP contribution >= 0.6 is 23.2 Å². The highest BCUT2D eigenvalue weighted by molar-refractivity contribution is 6.35. The van der Waals surface area contributed by atoms with Gasteiger partial charge in [-0.05, 0) is 31.2 Å². The smallest absolute Gasteiger partial charge is 0.149 e. The number of nitrogens with zero attached hydrogens (tertiary/aromatic N) is 1. The summed E-state index contributed by atoms with van der Waals surface area (Å²) in [5.41, 5.74) is 4.53. The number of benzene rings is 1. The van der Waals surface area contributed by atoms with Crippen LogP contribution in [0.25, 0.3) is 0 Å². The van der Waals surface area contributed by atoms with E-state index in [0.29, 0.717) is 16.6 Å². The summed E-state index contributed by atoms with van der Waals surface area (Å²) in [6, 6.07) is 9.08. The largest absolute Gasteiger partial charge is 0.463 e. The molecule has 0 amide bonds. The van der Waals surface area contributed by atoms with Crippen molar-refractivity contribution in [2.24, 2.45) is 5.10 Å². The van der Waals surface area contributed by atoms with Crippen molar-refractivity contribution in [3.63, 3.8) is 0 Å². The molecule has 0 aliphatic carbocycles. The number of furan rings is 1. The molecule has 0 atom stereocenters. The molecule has 0 fully saturated rings. The van der Waals surface area contributed by atoms with E-state index >= 15 is 0 Å². The zero-order chi connectivity index (χ0) is 13.0. The van der Waals surface area contributed by atoms with Crippen molar-refractivity contribution >= 4 is 28.9 Å². The van der Waals surface area contributed by atoms with Crippen LogP contribution in [0.1, 0.15) is 18.2 Å². The van der Waals surface area contributed by atoms with Gasteiger partial charge in [0.05, 0.1) is 18.5 Å². The van der Waals surface area contributed by atoms with Gasteiger partial charge in [-0.15, -0.1) is 0 Å². The molecule has 0 saturated carbocycles. The molecule has 18 heavy (non-hydrogen) atoms. The second-order valence-electron chi connectivity index (χ2n) is 3.71. The molecule has 0 aliphatic heterocycles. The molecule has 0 aliphatic rings. The topological polar surface area (TPSA) is 37.5 Å². The second-order valence-corrected chi connectivity index (χ2v) is 4.52. The molecule has 1 heterocycles. The van der Waals surface area contributed by atoms with E-state index in [-0.39, 0.29) is 0 Å². The Morgan fingerprint density at radius 1 is 1.22 bits per heavy atom. The van der Waals surface area contributed by atoms with Crippen molar-refractivity contribution in [1.82, 2.24) is 5.43 Å². The van der Waals surface area contributed by atoms with Gasteiger partial charge in [-0.1, -0.05) is 29.3 Å². The first-order chi connectivity index (χ1) is 8.68. The van der Waals surface area contributed by atoms with Crippen LogP contribution in [0.3, 0.4) is 0 Å². The van der Waals surface area contributed by atoms with Crippen LogP contribution in [0.2, 0.25) is 10.0 Å². The van der Waals surface area contributed by atoms with E-state index in [2.05, 4.69) is 10.5 Å². The average Bonchev–Trinajstić information content (AvgIpc) is 2.86. The third-order valence-electron chi connectivity index (χ3n) is 2.44. The Bertz CT molecular complexity index is 530. The number of hydrazone groups is 1. The summed E-state index contributed by atoms with van der Waals surface area (Å²) in [4.78, 5) is 0. The van der Waals surface area contributed by atoms with E-state index in [1.165, 1.54) is 0 Å². The lowest BCUT2D eigenvalue weighted by Crippen LogP contribution is -2.09. The van der Waals surface area contributed by atoms with E-state index in [0.717, 1.165) is 17.0 Å². The van der Waals surface area contributed by atoms with Crippen LogP contribution in [0.5, 0.6) is 0 Å². The van der Waals surface area contributed by atoms with Gasteiger partial charge < -0.3 is 9.84 Å².